The molecular weight excluding hydrogens is 311 g/mol. The molecule has 0 aliphatic heterocycles. The van der Waals surface area contributed by atoms with Crippen molar-refractivity contribution in [3.05, 3.63) is 29.8 Å². The van der Waals surface area contributed by atoms with Crippen molar-refractivity contribution >= 4 is 16.0 Å². The van der Waals surface area contributed by atoms with Crippen LogP contribution >= 0.6 is 0 Å². The summed E-state index contributed by atoms with van der Waals surface area (Å²) in [6.07, 6.45) is -4.83. The summed E-state index contributed by atoms with van der Waals surface area (Å²) in [7, 11) is -4.47. The van der Waals surface area contributed by atoms with E-state index in [2.05, 4.69) is 0 Å². The number of aliphatic carboxylic acids is 1. The summed E-state index contributed by atoms with van der Waals surface area (Å²) < 4.78 is 64.2. The molecule has 0 aliphatic rings. The quantitative estimate of drug-likeness (QED) is 0.868. The Morgan fingerprint density at radius 1 is 1.24 bits per heavy atom. The second-order valence-electron chi connectivity index (χ2n) is 5.01. The summed E-state index contributed by atoms with van der Waals surface area (Å²) in [6.45, 7) is 1.98. The molecule has 0 fully saturated rings. The molecule has 5 nitrogen and oxygen atoms in total. The molecule has 1 rings (SSSR count). The topological polar surface area (TPSA) is 83.5 Å². The highest BCUT2D eigenvalue weighted by Gasteiger charge is 2.37. The number of carboxylic acid groups (broad SMARTS) is 1. The second kappa shape index (κ2) is 5.64. The number of carbonyl (C=O) groups is 1. The van der Waals surface area contributed by atoms with Gasteiger partial charge in [0.2, 0.25) is 10.0 Å². The molecule has 0 aromatic heterocycles. The van der Waals surface area contributed by atoms with Gasteiger partial charge in [-0.1, -0.05) is 12.1 Å². The fourth-order valence-corrected chi connectivity index (χ4v) is 2.80. The van der Waals surface area contributed by atoms with Gasteiger partial charge in [0.1, 0.15) is 0 Å². The number of alkyl halides is 3. The van der Waals surface area contributed by atoms with Crippen molar-refractivity contribution in [1.29, 1.82) is 0 Å². The number of hydrogen-bond acceptors (Lipinski definition) is 3. The summed E-state index contributed by atoms with van der Waals surface area (Å²) in [5, 5.41) is 8.88. The molecule has 0 spiro atoms. The Hall–Kier alpha value is -1.61. The number of rotatable bonds is 5. The van der Waals surface area contributed by atoms with E-state index in [-0.39, 0.29) is 0 Å². The van der Waals surface area contributed by atoms with E-state index in [1.165, 1.54) is 13.8 Å². The van der Waals surface area contributed by atoms with Crippen molar-refractivity contribution in [2.45, 2.75) is 24.9 Å². The van der Waals surface area contributed by atoms with E-state index in [0.717, 1.165) is 18.2 Å². The van der Waals surface area contributed by atoms with Crippen molar-refractivity contribution in [3.8, 4) is 0 Å². The molecule has 0 heterocycles. The van der Waals surface area contributed by atoms with Crippen LogP contribution in [-0.2, 0) is 21.0 Å². The van der Waals surface area contributed by atoms with Crippen LogP contribution in [0.4, 0.5) is 13.2 Å². The van der Waals surface area contributed by atoms with E-state index in [9.17, 15) is 26.4 Å². The number of nitrogens with one attached hydrogen (secondary N) is 1. The van der Waals surface area contributed by atoms with Gasteiger partial charge in [-0.3, -0.25) is 4.79 Å². The smallest absolute Gasteiger partial charge is 0.417 e. The molecule has 1 aromatic carbocycles. The molecule has 0 atom stereocenters. The normalized spacial score (nSPS) is 13.2. The summed E-state index contributed by atoms with van der Waals surface area (Å²) in [5.41, 5.74) is -2.74. The largest absolute Gasteiger partial charge is 0.481 e. The van der Waals surface area contributed by atoms with Gasteiger partial charge in [-0.25, -0.2) is 13.1 Å². The Kier molecular flexibility index (Phi) is 4.69. The standard InChI is InChI=1S/C12H14F3NO4S/c1-11(2,10(17)18)7-16-21(19,20)9-6-4-3-5-8(9)12(13,14)15/h3-6,16H,7H2,1-2H3,(H,17,18). The molecule has 0 radical (unpaired) electrons. The van der Waals surface area contributed by atoms with E-state index < -0.39 is 44.6 Å². The van der Waals surface area contributed by atoms with Crippen molar-refractivity contribution in [2.75, 3.05) is 6.54 Å². The lowest BCUT2D eigenvalue weighted by molar-refractivity contribution is -0.146. The lowest BCUT2D eigenvalue weighted by Crippen LogP contribution is -2.39. The van der Waals surface area contributed by atoms with Crippen LogP contribution < -0.4 is 4.72 Å². The maximum atomic E-state index is 12.8. The molecule has 1 aromatic rings. The number of hydrogen-bond donors (Lipinski definition) is 2. The van der Waals surface area contributed by atoms with Crippen LogP contribution in [0.15, 0.2) is 29.2 Å². The molecule has 0 saturated heterocycles. The highest BCUT2D eigenvalue weighted by atomic mass is 32.2. The Balaban J connectivity index is 3.14. The zero-order valence-electron chi connectivity index (χ0n) is 11.2. The van der Waals surface area contributed by atoms with Gasteiger partial charge in [0.05, 0.1) is 15.9 Å². The van der Waals surface area contributed by atoms with E-state index in [1.54, 1.807) is 0 Å². The van der Waals surface area contributed by atoms with Crippen LogP contribution in [0.5, 0.6) is 0 Å². The van der Waals surface area contributed by atoms with Crippen molar-refractivity contribution < 1.29 is 31.5 Å². The maximum Gasteiger partial charge on any atom is 0.417 e. The highest BCUT2D eigenvalue weighted by molar-refractivity contribution is 7.89. The molecule has 0 unspecified atom stereocenters. The van der Waals surface area contributed by atoms with E-state index >= 15 is 0 Å². The van der Waals surface area contributed by atoms with Gasteiger partial charge < -0.3 is 5.11 Å². The van der Waals surface area contributed by atoms with Gasteiger partial charge in [0, 0.05) is 6.54 Å². The van der Waals surface area contributed by atoms with Crippen LogP contribution in [0.1, 0.15) is 19.4 Å². The zero-order valence-corrected chi connectivity index (χ0v) is 12.0. The molecule has 0 bridgehead atoms. The van der Waals surface area contributed by atoms with Crippen molar-refractivity contribution in [2.24, 2.45) is 5.41 Å². The molecule has 9 heteroatoms. The Morgan fingerprint density at radius 3 is 2.24 bits per heavy atom. The first-order chi connectivity index (χ1) is 9.38. The first kappa shape index (κ1) is 17.4. The third-order valence-electron chi connectivity index (χ3n) is 2.77. The van der Waals surface area contributed by atoms with Crippen molar-refractivity contribution in [1.82, 2.24) is 4.72 Å². The maximum absolute atomic E-state index is 12.8. The average Bonchev–Trinajstić information content (AvgIpc) is 2.35. The summed E-state index contributed by atoms with van der Waals surface area (Å²) in [4.78, 5) is 9.95. The van der Waals surface area contributed by atoms with Gasteiger partial charge in [0.15, 0.2) is 0 Å². The molecular formula is C12H14F3NO4S. The average molecular weight is 325 g/mol. The predicted molar refractivity (Wildman–Crippen MR) is 68.0 cm³/mol. The van der Waals surface area contributed by atoms with Crippen LogP contribution in [-0.4, -0.2) is 26.0 Å². The molecule has 118 valence electrons. The summed E-state index contributed by atoms with van der Waals surface area (Å²) in [6, 6.07) is 3.70. The first-order valence-electron chi connectivity index (χ1n) is 5.77. The minimum atomic E-state index is -4.83. The Bertz CT molecular complexity index is 638. The van der Waals surface area contributed by atoms with Gasteiger partial charge in [0.25, 0.3) is 0 Å². The lowest BCUT2D eigenvalue weighted by Gasteiger charge is -2.20. The third kappa shape index (κ3) is 4.18. The summed E-state index contributed by atoms with van der Waals surface area (Å²) in [5.74, 6) is -1.27. The number of sulfonamides is 1. The van der Waals surface area contributed by atoms with Crippen LogP contribution in [0.25, 0.3) is 0 Å². The monoisotopic (exact) mass is 325 g/mol. The first-order valence-corrected chi connectivity index (χ1v) is 7.25. The lowest BCUT2D eigenvalue weighted by atomic mass is 9.95. The van der Waals surface area contributed by atoms with Crippen LogP contribution in [0.3, 0.4) is 0 Å². The minimum Gasteiger partial charge on any atom is -0.481 e. The molecule has 0 saturated carbocycles. The SMILES string of the molecule is CC(C)(CNS(=O)(=O)c1ccccc1C(F)(F)F)C(=O)O. The van der Waals surface area contributed by atoms with Crippen LogP contribution in [0, 0.1) is 5.41 Å². The number of benzene rings is 1. The molecule has 2 N–H and O–H groups in total. The van der Waals surface area contributed by atoms with Gasteiger partial charge in [-0.05, 0) is 26.0 Å². The van der Waals surface area contributed by atoms with Gasteiger partial charge >= 0.3 is 12.1 Å². The highest BCUT2D eigenvalue weighted by Crippen LogP contribution is 2.34. The molecule has 0 aliphatic carbocycles. The fourth-order valence-electron chi connectivity index (χ4n) is 1.36. The Labute approximate surface area is 119 Å². The van der Waals surface area contributed by atoms with E-state index in [1.807, 2.05) is 4.72 Å². The van der Waals surface area contributed by atoms with Gasteiger partial charge in [-0.2, -0.15) is 13.2 Å². The van der Waals surface area contributed by atoms with Crippen molar-refractivity contribution in [3.63, 3.8) is 0 Å². The fraction of sp³-hybridized carbons (Fsp3) is 0.417. The third-order valence-corrected chi connectivity index (χ3v) is 4.22. The van der Waals surface area contributed by atoms with Crippen LogP contribution in [0.2, 0.25) is 0 Å². The van der Waals surface area contributed by atoms with E-state index in [4.69, 9.17) is 5.11 Å². The summed E-state index contributed by atoms with van der Waals surface area (Å²) >= 11 is 0. The van der Waals surface area contributed by atoms with E-state index in [0.29, 0.717) is 6.07 Å². The Morgan fingerprint density at radius 2 is 1.76 bits per heavy atom. The molecule has 0 amide bonds. The number of carboxylic acids is 1. The zero-order chi connectivity index (χ0) is 16.5. The molecule has 21 heavy (non-hydrogen) atoms. The van der Waals surface area contributed by atoms with Gasteiger partial charge in [-0.15, -0.1) is 0 Å². The number of halogens is 3. The minimum absolute atomic E-state index is 0.531. The predicted octanol–water partition coefficient (Wildman–Crippen LogP) is 2.09. The second-order valence-corrected chi connectivity index (χ2v) is 6.74.